The lowest BCUT2D eigenvalue weighted by molar-refractivity contribution is 0.521. The Morgan fingerprint density at radius 1 is 1.33 bits per heavy atom. The maximum atomic E-state index is 8.30. The summed E-state index contributed by atoms with van der Waals surface area (Å²) >= 11 is 0. The predicted octanol–water partition coefficient (Wildman–Crippen LogP) is 1.99. The van der Waals surface area contributed by atoms with Gasteiger partial charge in [-0.1, -0.05) is 12.2 Å². The first kappa shape index (κ1) is 9.28. The Balaban J connectivity index is 1.86. The highest BCUT2D eigenvalue weighted by Gasteiger charge is 2.07. The predicted molar refractivity (Wildman–Crippen MR) is 49.6 cm³/mol. The number of hydrogen-bond donors (Lipinski definition) is 1. The number of nitriles is 1. The van der Waals surface area contributed by atoms with E-state index in [-0.39, 0.29) is 0 Å². The van der Waals surface area contributed by atoms with E-state index in [0.717, 1.165) is 19.4 Å². The number of nitrogens with one attached hydrogen (secondary N) is 1. The van der Waals surface area contributed by atoms with Crippen LogP contribution in [0.15, 0.2) is 12.2 Å². The number of hydrogen-bond acceptors (Lipinski definition) is 2. The van der Waals surface area contributed by atoms with Crippen LogP contribution < -0.4 is 5.32 Å². The summed E-state index contributed by atoms with van der Waals surface area (Å²) in [6.07, 6.45) is 9.68. The van der Waals surface area contributed by atoms with E-state index in [1.165, 1.54) is 12.8 Å². The molecular weight excluding hydrogens is 148 g/mol. The van der Waals surface area contributed by atoms with E-state index in [1.807, 2.05) is 0 Å². The van der Waals surface area contributed by atoms with Crippen molar-refractivity contribution in [3.8, 4) is 6.07 Å². The molecule has 0 saturated heterocycles. The summed E-state index contributed by atoms with van der Waals surface area (Å²) < 4.78 is 0. The summed E-state index contributed by atoms with van der Waals surface area (Å²) in [7, 11) is 0. The number of rotatable bonds is 5. The molecule has 12 heavy (non-hydrogen) atoms. The van der Waals surface area contributed by atoms with Gasteiger partial charge in [-0.05, 0) is 32.2 Å². The first-order chi connectivity index (χ1) is 5.93. The van der Waals surface area contributed by atoms with Crippen LogP contribution in [0.2, 0.25) is 0 Å². The summed E-state index contributed by atoms with van der Waals surface area (Å²) in [6.45, 7) is 1.06. The molecule has 0 bridgehead atoms. The minimum Gasteiger partial charge on any atom is -0.313 e. The first-order valence-corrected chi connectivity index (χ1v) is 4.69. The van der Waals surface area contributed by atoms with Gasteiger partial charge in [0.05, 0.1) is 6.07 Å². The Kier molecular flexibility index (Phi) is 4.48. The Morgan fingerprint density at radius 2 is 2.08 bits per heavy atom. The zero-order valence-corrected chi connectivity index (χ0v) is 7.42. The summed E-state index contributed by atoms with van der Waals surface area (Å²) in [6, 6.07) is 2.83. The molecule has 0 aromatic rings. The minimum atomic E-state index is 0.673. The van der Waals surface area contributed by atoms with E-state index >= 15 is 0 Å². The summed E-state index contributed by atoms with van der Waals surface area (Å²) in [4.78, 5) is 0. The monoisotopic (exact) mass is 164 g/mol. The van der Waals surface area contributed by atoms with Crippen molar-refractivity contribution < 1.29 is 0 Å². The van der Waals surface area contributed by atoms with Crippen molar-refractivity contribution in [1.82, 2.24) is 5.32 Å². The molecule has 66 valence electrons. The molecule has 0 aromatic heterocycles. The molecule has 1 N–H and O–H groups in total. The zero-order valence-electron chi connectivity index (χ0n) is 7.42. The second-order valence-electron chi connectivity index (χ2n) is 3.21. The second-order valence-corrected chi connectivity index (χ2v) is 3.21. The van der Waals surface area contributed by atoms with Gasteiger partial charge >= 0.3 is 0 Å². The van der Waals surface area contributed by atoms with Crippen molar-refractivity contribution in [2.45, 2.75) is 38.1 Å². The van der Waals surface area contributed by atoms with Crippen LogP contribution >= 0.6 is 0 Å². The highest BCUT2D eigenvalue weighted by atomic mass is 14.9. The van der Waals surface area contributed by atoms with Crippen molar-refractivity contribution in [3.63, 3.8) is 0 Å². The van der Waals surface area contributed by atoms with Crippen LogP contribution in [0.1, 0.15) is 32.1 Å². The molecule has 0 fully saturated rings. The van der Waals surface area contributed by atoms with E-state index in [1.54, 1.807) is 0 Å². The van der Waals surface area contributed by atoms with E-state index in [4.69, 9.17) is 5.26 Å². The fourth-order valence-electron chi connectivity index (χ4n) is 1.42. The van der Waals surface area contributed by atoms with Crippen LogP contribution in [-0.2, 0) is 0 Å². The quantitative estimate of drug-likeness (QED) is 0.498. The standard InChI is InChI=1S/C10H16N2/c11-8-4-1-5-9-12-10-6-2-3-7-10/h2-3,10,12H,1,4-7,9H2. The zero-order chi connectivity index (χ0) is 8.65. The lowest BCUT2D eigenvalue weighted by atomic mass is 10.2. The van der Waals surface area contributed by atoms with Gasteiger partial charge in [-0.2, -0.15) is 5.26 Å². The van der Waals surface area contributed by atoms with Gasteiger partial charge < -0.3 is 5.32 Å². The molecule has 2 nitrogen and oxygen atoms in total. The van der Waals surface area contributed by atoms with Gasteiger partial charge in [0.15, 0.2) is 0 Å². The lowest BCUT2D eigenvalue weighted by Gasteiger charge is -2.10. The average molecular weight is 164 g/mol. The second kappa shape index (κ2) is 5.79. The van der Waals surface area contributed by atoms with E-state index < -0.39 is 0 Å². The van der Waals surface area contributed by atoms with Crippen LogP contribution in [0.4, 0.5) is 0 Å². The van der Waals surface area contributed by atoms with Crippen LogP contribution in [0.5, 0.6) is 0 Å². The average Bonchev–Trinajstić information content (AvgIpc) is 2.57. The van der Waals surface area contributed by atoms with E-state index in [2.05, 4.69) is 23.5 Å². The Bertz CT molecular complexity index is 171. The molecule has 0 aromatic carbocycles. The highest BCUT2D eigenvalue weighted by molar-refractivity contribution is 4.97. The van der Waals surface area contributed by atoms with Gasteiger partial charge in [0.25, 0.3) is 0 Å². The van der Waals surface area contributed by atoms with Crippen molar-refractivity contribution >= 4 is 0 Å². The Labute approximate surface area is 74.3 Å². The topological polar surface area (TPSA) is 35.8 Å². The third kappa shape index (κ3) is 3.54. The third-order valence-corrected chi connectivity index (χ3v) is 2.16. The normalized spacial score (nSPS) is 16.6. The highest BCUT2D eigenvalue weighted by Crippen LogP contribution is 2.08. The maximum Gasteiger partial charge on any atom is 0.0621 e. The van der Waals surface area contributed by atoms with Gasteiger partial charge in [-0.25, -0.2) is 0 Å². The molecule has 0 aliphatic heterocycles. The molecule has 0 unspecified atom stereocenters. The largest absolute Gasteiger partial charge is 0.313 e. The molecule has 1 aliphatic carbocycles. The van der Waals surface area contributed by atoms with Crippen molar-refractivity contribution in [2.75, 3.05) is 6.54 Å². The Morgan fingerprint density at radius 3 is 2.75 bits per heavy atom. The molecule has 0 heterocycles. The number of nitrogens with zero attached hydrogens (tertiary/aromatic N) is 1. The summed E-state index contributed by atoms with van der Waals surface area (Å²) in [5.74, 6) is 0. The van der Waals surface area contributed by atoms with Gasteiger partial charge in [-0.15, -0.1) is 0 Å². The fraction of sp³-hybridized carbons (Fsp3) is 0.700. The first-order valence-electron chi connectivity index (χ1n) is 4.69. The van der Waals surface area contributed by atoms with Gasteiger partial charge in [0.1, 0.15) is 0 Å². The molecule has 0 spiro atoms. The summed E-state index contributed by atoms with van der Waals surface area (Å²) in [5, 5.41) is 11.8. The molecule has 0 saturated carbocycles. The van der Waals surface area contributed by atoms with Crippen LogP contribution in [0.3, 0.4) is 0 Å². The van der Waals surface area contributed by atoms with Gasteiger partial charge in [0, 0.05) is 12.5 Å². The van der Waals surface area contributed by atoms with Crippen LogP contribution in [-0.4, -0.2) is 12.6 Å². The molecule has 0 radical (unpaired) electrons. The molecule has 2 heteroatoms. The van der Waals surface area contributed by atoms with Crippen LogP contribution in [0, 0.1) is 11.3 Å². The molecular formula is C10H16N2. The fourth-order valence-corrected chi connectivity index (χ4v) is 1.42. The van der Waals surface area contributed by atoms with Gasteiger partial charge in [0.2, 0.25) is 0 Å². The smallest absolute Gasteiger partial charge is 0.0621 e. The van der Waals surface area contributed by atoms with Crippen LogP contribution in [0.25, 0.3) is 0 Å². The Hall–Kier alpha value is -0.810. The molecule has 0 amide bonds. The minimum absolute atomic E-state index is 0.673. The molecule has 1 aliphatic rings. The third-order valence-electron chi connectivity index (χ3n) is 2.16. The van der Waals surface area contributed by atoms with Crippen molar-refractivity contribution in [2.24, 2.45) is 0 Å². The van der Waals surface area contributed by atoms with E-state index in [0.29, 0.717) is 12.5 Å². The SMILES string of the molecule is N#CCCCCNC1CC=CC1. The molecule has 0 atom stereocenters. The van der Waals surface area contributed by atoms with E-state index in [9.17, 15) is 0 Å². The summed E-state index contributed by atoms with van der Waals surface area (Å²) in [5.41, 5.74) is 0. The maximum absolute atomic E-state index is 8.30. The number of unbranched alkanes of at least 4 members (excludes halogenated alkanes) is 2. The lowest BCUT2D eigenvalue weighted by Crippen LogP contribution is -2.27. The van der Waals surface area contributed by atoms with Crippen molar-refractivity contribution in [1.29, 1.82) is 5.26 Å². The van der Waals surface area contributed by atoms with Crippen molar-refractivity contribution in [3.05, 3.63) is 12.2 Å². The molecule has 1 rings (SSSR count). The van der Waals surface area contributed by atoms with Gasteiger partial charge in [-0.3, -0.25) is 0 Å².